The van der Waals surface area contributed by atoms with E-state index in [9.17, 15) is 9.90 Å². The van der Waals surface area contributed by atoms with Crippen LogP contribution in [0.2, 0.25) is 0 Å². The van der Waals surface area contributed by atoms with Gasteiger partial charge < -0.3 is 5.11 Å². The number of carboxylic acid groups (broad SMARTS) is 1. The fraction of sp³-hybridized carbons (Fsp3) is 0.462. The van der Waals surface area contributed by atoms with Gasteiger partial charge in [0.25, 0.3) is 0 Å². The topological polar surface area (TPSA) is 37.3 Å². The number of aliphatic carboxylic acids is 1. The molecule has 1 saturated carbocycles. The Kier molecular flexibility index (Phi) is 1.70. The highest BCUT2D eigenvalue weighted by molar-refractivity contribution is 5.83. The summed E-state index contributed by atoms with van der Waals surface area (Å²) in [6.45, 7) is 0. The summed E-state index contributed by atoms with van der Waals surface area (Å²) in [6.07, 6.45) is 3.74. The van der Waals surface area contributed by atoms with Gasteiger partial charge in [-0.2, -0.15) is 0 Å². The fourth-order valence-corrected chi connectivity index (χ4v) is 3.31. The van der Waals surface area contributed by atoms with Crippen molar-refractivity contribution in [1.29, 1.82) is 0 Å². The Bertz CT molecular complexity index is 414. The fourth-order valence-electron chi connectivity index (χ4n) is 3.31. The summed E-state index contributed by atoms with van der Waals surface area (Å²) >= 11 is 0. The molecule has 0 atom stereocenters. The molecule has 0 unspecified atom stereocenters. The number of hydrogen-bond acceptors (Lipinski definition) is 1. The zero-order valence-corrected chi connectivity index (χ0v) is 8.57. The first-order chi connectivity index (χ1) is 7.24. The van der Waals surface area contributed by atoms with E-state index in [1.165, 1.54) is 5.56 Å². The smallest absolute Gasteiger partial charge is 0.314 e. The van der Waals surface area contributed by atoms with Crippen LogP contribution in [0.25, 0.3) is 0 Å². The molecular formula is C13H14O2. The molecule has 3 aliphatic rings. The van der Waals surface area contributed by atoms with Crippen LogP contribution < -0.4 is 0 Å². The molecule has 0 amide bonds. The third-order valence-electron chi connectivity index (χ3n) is 4.16. The van der Waals surface area contributed by atoms with Gasteiger partial charge in [-0.1, -0.05) is 24.3 Å². The van der Waals surface area contributed by atoms with Gasteiger partial charge in [-0.15, -0.1) is 0 Å². The molecule has 3 aliphatic carbocycles. The molecule has 4 rings (SSSR count). The van der Waals surface area contributed by atoms with E-state index in [4.69, 9.17) is 0 Å². The van der Waals surface area contributed by atoms with E-state index in [1.807, 2.05) is 18.2 Å². The van der Waals surface area contributed by atoms with E-state index in [0.29, 0.717) is 5.92 Å². The van der Waals surface area contributed by atoms with Crippen LogP contribution in [0, 0.1) is 0 Å². The van der Waals surface area contributed by atoms with E-state index in [0.717, 1.165) is 31.2 Å². The summed E-state index contributed by atoms with van der Waals surface area (Å²) in [4.78, 5) is 11.5. The molecule has 15 heavy (non-hydrogen) atoms. The second-order valence-corrected chi connectivity index (χ2v) is 4.75. The van der Waals surface area contributed by atoms with Crippen molar-refractivity contribution in [1.82, 2.24) is 0 Å². The van der Waals surface area contributed by atoms with Crippen molar-refractivity contribution in [3.05, 3.63) is 35.4 Å². The SMILES string of the molecule is O=C(O)C12CCC(CC1)c1ccccc12. The highest BCUT2D eigenvalue weighted by Crippen LogP contribution is 2.53. The van der Waals surface area contributed by atoms with Crippen molar-refractivity contribution in [3.63, 3.8) is 0 Å². The van der Waals surface area contributed by atoms with Crippen LogP contribution in [-0.2, 0) is 10.2 Å². The van der Waals surface area contributed by atoms with Gasteiger partial charge in [0, 0.05) is 0 Å². The third kappa shape index (κ3) is 1.02. The van der Waals surface area contributed by atoms with Crippen LogP contribution in [-0.4, -0.2) is 11.1 Å². The van der Waals surface area contributed by atoms with Crippen molar-refractivity contribution in [2.24, 2.45) is 0 Å². The zero-order valence-electron chi connectivity index (χ0n) is 8.57. The van der Waals surface area contributed by atoms with Gasteiger partial charge in [0.2, 0.25) is 0 Å². The Hall–Kier alpha value is -1.31. The lowest BCUT2D eigenvalue weighted by Crippen LogP contribution is -2.44. The van der Waals surface area contributed by atoms with Gasteiger partial charge in [-0.05, 0) is 42.7 Å². The summed E-state index contributed by atoms with van der Waals surface area (Å²) in [5.74, 6) is -0.0180. The molecule has 78 valence electrons. The number of rotatable bonds is 1. The molecule has 1 aromatic carbocycles. The minimum absolute atomic E-state index is 0.564. The highest BCUT2D eigenvalue weighted by atomic mass is 16.4. The molecule has 0 spiro atoms. The largest absolute Gasteiger partial charge is 0.481 e. The molecule has 2 bridgehead atoms. The quantitative estimate of drug-likeness (QED) is 0.760. The third-order valence-corrected chi connectivity index (χ3v) is 4.16. The maximum absolute atomic E-state index is 11.5. The summed E-state index contributed by atoms with van der Waals surface area (Å²) < 4.78 is 0. The van der Waals surface area contributed by atoms with E-state index in [2.05, 4.69) is 6.07 Å². The van der Waals surface area contributed by atoms with Crippen molar-refractivity contribution < 1.29 is 9.90 Å². The van der Waals surface area contributed by atoms with Crippen LogP contribution in [0.5, 0.6) is 0 Å². The molecule has 1 N–H and O–H groups in total. The lowest BCUT2D eigenvalue weighted by Gasteiger charge is -2.45. The van der Waals surface area contributed by atoms with Crippen LogP contribution in [0.1, 0.15) is 42.7 Å². The summed E-state index contributed by atoms with van der Waals surface area (Å²) in [5.41, 5.74) is 1.81. The Labute approximate surface area is 88.9 Å². The number of fused-ring (bicyclic) bond motifs is 2. The molecule has 2 heteroatoms. The van der Waals surface area contributed by atoms with E-state index >= 15 is 0 Å². The summed E-state index contributed by atoms with van der Waals surface area (Å²) in [7, 11) is 0. The molecule has 1 fully saturated rings. The Morgan fingerprint density at radius 2 is 1.93 bits per heavy atom. The van der Waals surface area contributed by atoms with Crippen molar-refractivity contribution >= 4 is 5.97 Å². The number of carboxylic acids is 1. The maximum Gasteiger partial charge on any atom is 0.314 e. The lowest BCUT2D eigenvalue weighted by atomic mass is 9.58. The Balaban J connectivity index is 2.24. The van der Waals surface area contributed by atoms with E-state index in [-0.39, 0.29) is 0 Å². The molecule has 0 aliphatic heterocycles. The summed E-state index contributed by atoms with van der Waals surface area (Å²) in [6, 6.07) is 8.10. The van der Waals surface area contributed by atoms with E-state index in [1.54, 1.807) is 0 Å². The average Bonchev–Trinajstić information content (AvgIpc) is 2.31. The predicted octanol–water partition coefficient (Wildman–Crippen LogP) is 2.68. The maximum atomic E-state index is 11.5. The Morgan fingerprint density at radius 1 is 1.27 bits per heavy atom. The molecule has 0 radical (unpaired) electrons. The van der Waals surface area contributed by atoms with Crippen molar-refractivity contribution in [3.8, 4) is 0 Å². The first-order valence-corrected chi connectivity index (χ1v) is 5.57. The molecule has 0 saturated heterocycles. The van der Waals surface area contributed by atoms with Gasteiger partial charge in [0.05, 0.1) is 5.41 Å². The summed E-state index contributed by atoms with van der Waals surface area (Å²) in [5, 5.41) is 9.46. The second-order valence-electron chi connectivity index (χ2n) is 4.75. The van der Waals surface area contributed by atoms with E-state index < -0.39 is 11.4 Å². The van der Waals surface area contributed by atoms with Gasteiger partial charge in [0.1, 0.15) is 0 Å². The lowest BCUT2D eigenvalue weighted by molar-refractivity contribution is -0.146. The van der Waals surface area contributed by atoms with Crippen LogP contribution >= 0.6 is 0 Å². The molecule has 0 heterocycles. The first-order valence-electron chi connectivity index (χ1n) is 5.57. The number of hydrogen-bond donors (Lipinski definition) is 1. The van der Waals surface area contributed by atoms with Crippen molar-refractivity contribution in [2.75, 3.05) is 0 Å². The van der Waals surface area contributed by atoms with Crippen LogP contribution in [0.4, 0.5) is 0 Å². The minimum atomic E-state index is -0.631. The predicted molar refractivity (Wildman–Crippen MR) is 57.0 cm³/mol. The first kappa shape index (κ1) is 8.96. The van der Waals surface area contributed by atoms with Gasteiger partial charge in [-0.3, -0.25) is 4.79 Å². The van der Waals surface area contributed by atoms with Gasteiger partial charge in [0.15, 0.2) is 0 Å². The Morgan fingerprint density at radius 3 is 2.60 bits per heavy atom. The van der Waals surface area contributed by atoms with Gasteiger partial charge >= 0.3 is 5.97 Å². The van der Waals surface area contributed by atoms with Crippen molar-refractivity contribution in [2.45, 2.75) is 37.0 Å². The normalized spacial score (nSPS) is 32.4. The monoisotopic (exact) mass is 202 g/mol. The van der Waals surface area contributed by atoms with Gasteiger partial charge in [-0.25, -0.2) is 0 Å². The second kappa shape index (κ2) is 2.84. The average molecular weight is 202 g/mol. The number of carbonyl (C=O) groups is 1. The minimum Gasteiger partial charge on any atom is -0.481 e. The highest BCUT2D eigenvalue weighted by Gasteiger charge is 2.49. The molecule has 2 nitrogen and oxygen atoms in total. The zero-order chi connectivity index (χ0) is 10.5. The molecule has 1 aromatic rings. The number of benzene rings is 1. The molecular weight excluding hydrogens is 188 g/mol. The van der Waals surface area contributed by atoms with Crippen LogP contribution in [0.3, 0.4) is 0 Å². The standard InChI is InChI=1S/C13H14O2/c14-12(15)13-7-5-9(6-8-13)10-3-1-2-4-11(10)13/h1-4,9H,5-8H2,(H,14,15). The molecule has 0 aromatic heterocycles. The van der Waals surface area contributed by atoms with Crippen LogP contribution in [0.15, 0.2) is 24.3 Å².